The molecule has 1 heterocycles. The van der Waals surface area contributed by atoms with Crippen LogP contribution in [0.4, 0.5) is 0 Å². The molecule has 0 aliphatic carbocycles. The van der Waals surface area contributed by atoms with E-state index < -0.39 is 30.4 Å². The first-order chi connectivity index (χ1) is 14.3. The first-order valence-electron chi connectivity index (χ1n) is 9.87. The van der Waals surface area contributed by atoms with Gasteiger partial charge in [0.15, 0.2) is 6.29 Å². The van der Waals surface area contributed by atoms with Crippen LogP contribution in [0.1, 0.15) is 38.0 Å². The van der Waals surface area contributed by atoms with Gasteiger partial charge in [-0.05, 0) is 55.7 Å². The lowest BCUT2D eigenvalue weighted by Crippen LogP contribution is -2.63. The van der Waals surface area contributed by atoms with Crippen molar-refractivity contribution in [1.29, 1.82) is 0 Å². The Labute approximate surface area is 187 Å². The molecule has 172 valence electrons. The van der Waals surface area contributed by atoms with Gasteiger partial charge in [-0.2, -0.15) is 0 Å². The molecule has 5 atom stereocenters. The molecular formula is C23H31ClO7. The van der Waals surface area contributed by atoms with Crippen LogP contribution in [0.2, 0.25) is 5.02 Å². The number of hydrogen-bond donors (Lipinski definition) is 4. The minimum atomic E-state index is -1.86. The number of benzene rings is 2. The first kappa shape index (κ1) is 25.5. The molecular weight excluding hydrogens is 424 g/mol. The molecule has 2 aromatic carbocycles. The number of halogens is 1. The van der Waals surface area contributed by atoms with Gasteiger partial charge in [0, 0.05) is 17.2 Å². The molecule has 4 N–H and O–H groups in total. The average Bonchev–Trinajstić information content (AvgIpc) is 2.73. The number of ether oxygens (including phenoxy) is 3. The predicted octanol–water partition coefficient (Wildman–Crippen LogP) is 2.59. The Morgan fingerprint density at radius 3 is 2.26 bits per heavy atom. The molecule has 0 bridgehead atoms. The highest BCUT2D eigenvalue weighted by atomic mass is 35.5. The lowest BCUT2D eigenvalue weighted by atomic mass is 9.88. The van der Waals surface area contributed by atoms with E-state index in [2.05, 4.69) is 0 Å². The van der Waals surface area contributed by atoms with Gasteiger partial charge >= 0.3 is 0 Å². The normalized spacial score (nSPS) is 28.1. The molecule has 0 radical (unpaired) electrons. The van der Waals surface area contributed by atoms with Crippen LogP contribution < -0.4 is 4.74 Å². The van der Waals surface area contributed by atoms with Gasteiger partial charge in [0.25, 0.3) is 0 Å². The summed E-state index contributed by atoms with van der Waals surface area (Å²) in [7, 11) is 0. The third kappa shape index (κ3) is 5.21. The van der Waals surface area contributed by atoms with Crippen molar-refractivity contribution in [3.63, 3.8) is 0 Å². The zero-order chi connectivity index (χ0) is 21.9. The van der Waals surface area contributed by atoms with E-state index in [9.17, 15) is 20.4 Å². The average molecular weight is 455 g/mol. The van der Waals surface area contributed by atoms with Crippen molar-refractivity contribution in [2.45, 2.75) is 58.1 Å². The van der Waals surface area contributed by atoms with Crippen molar-refractivity contribution in [2.24, 2.45) is 0 Å². The van der Waals surface area contributed by atoms with Gasteiger partial charge in [-0.25, -0.2) is 0 Å². The fourth-order valence-electron chi connectivity index (χ4n) is 3.57. The van der Waals surface area contributed by atoms with Crippen LogP contribution >= 0.6 is 11.6 Å². The zero-order valence-corrected chi connectivity index (χ0v) is 17.6. The first-order valence-corrected chi connectivity index (χ1v) is 10.2. The molecule has 0 spiro atoms. The van der Waals surface area contributed by atoms with Crippen molar-refractivity contribution in [3.05, 3.63) is 64.2 Å². The van der Waals surface area contributed by atoms with Gasteiger partial charge in [-0.3, -0.25) is 0 Å². The Hall–Kier alpha value is -1.71. The van der Waals surface area contributed by atoms with E-state index >= 15 is 0 Å². The van der Waals surface area contributed by atoms with E-state index in [-0.39, 0.29) is 14.0 Å². The second kappa shape index (κ2) is 10.7. The fraction of sp³-hybridized carbons (Fsp3) is 0.478. The molecule has 7 nitrogen and oxygen atoms in total. The molecule has 1 aliphatic rings. The summed E-state index contributed by atoms with van der Waals surface area (Å²) in [5.74, 6) is -1.08. The van der Waals surface area contributed by atoms with E-state index in [0.29, 0.717) is 23.6 Å². The number of hydrogen-bond acceptors (Lipinski definition) is 7. The van der Waals surface area contributed by atoms with E-state index in [1.807, 2.05) is 31.2 Å². The van der Waals surface area contributed by atoms with Crippen molar-refractivity contribution >= 4 is 11.6 Å². The smallest absolute Gasteiger partial charge is 0.226 e. The topological polar surface area (TPSA) is 109 Å². The minimum Gasteiger partial charge on any atom is -0.494 e. The van der Waals surface area contributed by atoms with Gasteiger partial charge in [0.05, 0.1) is 6.61 Å². The van der Waals surface area contributed by atoms with Crippen LogP contribution in [0.5, 0.6) is 5.75 Å². The molecule has 2 aromatic rings. The Kier molecular flexibility index (Phi) is 8.85. The quantitative estimate of drug-likeness (QED) is 0.509. The predicted molar refractivity (Wildman–Crippen MR) is 117 cm³/mol. The summed E-state index contributed by atoms with van der Waals surface area (Å²) < 4.78 is 16.6. The molecule has 1 fully saturated rings. The van der Waals surface area contributed by atoms with Crippen LogP contribution in [0, 0.1) is 0 Å². The van der Waals surface area contributed by atoms with Gasteiger partial charge < -0.3 is 34.6 Å². The molecule has 31 heavy (non-hydrogen) atoms. The summed E-state index contributed by atoms with van der Waals surface area (Å²) in [5, 5.41) is 41.3. The highest BCUT2D eigenvalue weighted by Crippen LogP contribution is 2.40. The third-order valence-corrected chi connectivity index (χ3v) is 5.46. The summed E-state index contributed by atoms with van der Waals surface area (Å²) in [6, 6.07) is 12.6. The number of rotatable bonds is 7. The summed E-state index contributed by atoms with van der Waals surface area (Å²) in [4.78, 5) is 0. The van der Waals surface area contributed by atoms with E-state index in [0.717, 1.165) is 16.9 Å². The standard InChI is InChI=1S/C22H27ClO7.CH4/c1-3-28-16-8-5-13(6-9-16)11-14-12-15(7-10-17(14)23)22(29-4-2)20(26)18(24)19(25)21(27)30-22;/h5-10,12,18-21,24-27H,3-4,11H2,1-2H3;1H4/t18-,19-,20+,21+,22-;/m0./s1. The maximum atomic E-state index is 10.7. The lowest BCUT2D eigenvalue weighted by Gasteiger charge is -2.47. The second-order valence-electron chi connectivity index (χ2n) is 7.09. The lowest BCUT2D eigenvalue weighted by molar-refractivity contribution is -0.403. The maximum absolute atomic E-state index is 10.7. The van der Waals surface area contributed by atoms with E-state index in [4.69, 9.17) is 25.8 Å². The fourth-order valence-corrected chi connectivity index (χ4v) is 3.76. The summed E-state index contributed by atoms with van der Waals surface area (Å²) in [6.07, 6.45) is -6.20. The highest BCUT2D eigenvalue weighted by Gasteiger charge is 2.55. The van der Waals surface area contributed by atoms with Crippen molar-refractivity contribution in [2.75, 3.05) is 13.2 Å². The second-order valence-corrected chi connectivity index (χ2v) is 7.50. The molecule has 8 heteroatoms. The van der Waals surface area contributed by atoms with Crippen LogP contribution in [-0.2, 0) is 21.7 Å². The highest BCUT2D eigenvalue weighted by molar-refractivity contribution is 6.31. The van der Waals surface area contributed by atoms with Gasteiger partial charge in [0.1, 0.15) is 24.1 Å². The Morgan fingerprint density at radius 1 is 0.968 bits per heavy atom. The molecule has 0 saturated carbocycles. The van der Waals surface area contributed by atoms with E-state index in [1.54, 1.807) is 25.1 Å². The van der Waals surface area contributed by atoms with Crippen molar-refractivity contribution < 1.29 is 34.6 Å². The molecule has 3 rings (SSSR count). The summed E-state index contributed by atoms with van der Waals surface area (Å²) in [5.41, 5.74) is 2.10. The van der Waals surface area contributed by atoms with Crippen molar-refractivity contribution in [3.8, 4) is 5.75 Å². The Morgan fingerprint density at radius 2 is 1.65 bits per heavy atom. The van der Waals surface area contributed by atoms with Crippen LogP contribution in [0.3, 0.4) is 0 Å². The summed E-state index contributed by atoms with van der Waals surface area (Å²) >= 11 is 6.40. The molecule has 0 amide bonds. The van der Waals surface area contributed by atoms with Gasteiger partial charge in [-0.15, -0.1) is 0 Å². The van der Waals surface area contributed by atoms with Crippen LogP contribution in [-0.4, -0.2) is 58.2 Å². The summed E-state index contributed by atoms with van der Waals surface area (Å²) in [6.45, 7) is 4.32. The third-order valence-electron chi connectivity index (χ3n) is 5.09. The number of aliphatic hydroxyl groups excluding tert-OH is 4. The van der Waals surface area contributed by atoms with Crippen LogP contribution in [0.15, 0.2) is 42.5 Å². The van der Waals surface area contributed by atoms with Crippen molar-refractivity contribution in [1.82, 2.24) is 0 Å². The Bertz CT molecular complexity index is 844. The van der Waals surface area contributed by atoms with Gasteiger partial charge in [0.2, 0.25) is 5.79 Å². The largest absolute Gasteiger partial charge is 0.494 e. The molecule has 1 saturated heterocycles. The molecule has 0 aromatic heterocycles. The van der Waals surface area contributed by atoms with Crippen LogP contribution in [0.25, 0.3) is 0 Å². The SMILES string of the molecule is C.CCOc1ccc(Cc2cc([C@]3(OCC)O[C@@H](O)[C@@H](O)[C@H](O)[C@H]3O)ccc2Cl)cc1. The molecule has 0 unspecified atom stereocenters. The van der Waals surface area contributed by atoms with E-state index in [1.165, 1.54) is 0 Å². The monoisotopic (exact) mass is 454 g/mol. The minimum absolute atomic E-state index is 0. The van der Waals surface area contributed by atoms with Gasteiger partial charge in [-0.1, -0.05) is 37.2 Å². The Balaban J connectivity index is 0.00000341. The zero-order valence-electron chi connectivity index (χ0n) is 16.9. The molecule has 1 aliphatic heterocycles. The maximum Gasteiger partial charge on any atom is 0.226 e. The number of aliphatic hydroxyl groups is 4.